The topological polar surface area (TPSA) is 58.2 Å². The van der Waals surface area contributed by atoms with E-state index in [1.165, 1.54) is 0 Å². The SMILES string of the molecule is Cc1cccc(C)c1[C@H]1NC(=O)NC1=O. The fourth-order valence-corrected chi connectivity index (χ4v) is 1.90. The summed E-state index contributed by atoms with van der Waals surface area (Å²) in [6.45, 7) is 3.86. The number of benzene rings is 1. The van der Waals surface area contributed by atoms with Gasteiger partial charge in [0.2, 0.25) is 0 Å². The third-order valence-corrected chi connectivity index (χ3v) is 2.61. The minimum atomic E-state index is -0.543. The third-order valence-electron chi connectivity index (χ3n) is 2.61. The lowest BCUT2D eigenvalue weighted by atomic mass is 9.96. The molecule has 0 bridgehead atoms. The quantitative estimate of drug-likeness (QED) is 0.675. The molecule has 1 aromatic carbocycles. The fraction of sp³-hybridized carbons (Fsp3) is 0.273. The largest absolute Gasteiger partial charge is 0.322 e. The molecule has 3 amide bonds. The molecular weight excluding hydrogens is 192 g/mol. The molecule has 1 saturated heterocycles. The maximum atomic E-state index is 11.5. The van der Waals surface area contributed by atoms with Crippen LogP contribution >= 0.6 is 0 Å². The van der Waals surface area contributed by atoms with Crippen molar-refractivity contribution >= 4 is 11.9 Å². The minimum Gasteiger partial charge on any atom is -0.322 e. The van der Waals surface area contributed by atoms with Crippen LogP contribution in [0.3, 0.4) is 0 Å². The molecule has 1 heterocycles. The van der Waals surface area contributed by atoms with Gasteiger partial charge in [0.1, 0.15) is 6.04 Å². The molecule has 0 aromatic heterocycles. The molecule has 15 heavy (non-hydrogen) atoms. The zero-order valence-corrected chi connectivity index (χ0v) is 8.63. The summed E-state index contributed by atoms with van der Waals surface area (Å²) in [5.74, 6) is -0.280. The van der Waals surface area contributed by atoms with E-state index in [4.69, 9.17) is 0 Å². The molecule has 0 radical (unpaired) electrons. The van der Waals surface area contributed by atoms with E-state index in [1.54, 1.807) is 0 Å². The van der Waals surface area contributed by atoms with Crippen molar-refractivity contribution in [2.75, 3.05) is 0 Å². The molecule has 4 heteroatoms. The molecule has 0 unspecified atom stereocenters. The first kappa shape index (κ1) is 9.71. The molecule has 0 spiro atoms. The van der Waals surface area contributed by atoms with E-state index in [0.29, 0.717) is 0 Å². The number of hydrogen-bond acceptors (Lipinski definition) is 2. The number of imide groups is 1. The second-order valence-electron chi connectivity index (χ2n) is 3.70. The Morgan fingerprint density at radius 3 is 2.20 bits per heavy atom. The van der Waals surface area contributed by atoms with Crippen LogP contribution in [0.15, 0.2) is 18.2 Å². The summed E-state index contributed by atoms with van der Waals surface area (Å²) < 4.78 is 0. The summed E-state index contributed by atoms with van der Waals surface area (Å²) in [5.41, 5.74) is 2.91. The van der Waals surface area contributed by atoms with Gasteiger partial charge in [-0.25, -0.2) is 4.79 Å². The first-order valence-electron chi connectivity index (χ1n) is 4.77. The summed E-state index contributed by atoms with van der Waals surface area (Å²) in [4.78, 5) is 22.5. The molecule has 1 aromatic rings. The number of rotatable bonds is 1. The van der Waals surface area contributed by atoms with E-state index in [9.17, 15) is 9.59 Å². The van der Waals surface area contributed by atoms with E-state index >= 15 is 0 Å². The number of urea groups is 1. The lowest BCUT2D eigenvalue weighted by molar-refractivity contribution is -0.120. The van der Waals surface area contributed by atoms with Crippen LogP contribution in [0.2, 0.25) is 0 Å². The van der Waals surface area contributed by atoms with Crippen molar-refractivity contribution in [1.82, 2.24) is 10.6 Å². The molecule has 1 aliphatic heterocycles. The van der Waals surface area contributed by atoms with Crippen LogP contribution in [0, 0.1) is 13.8 Å². The Balaban J connectivity index is 2.46. The van der Waals surface area contributed by atoms with Gasteiger partial charge < -0.3 is 5.32 Å². The van der Waals surface area contributed by atoms with Crippen molar-refractivity contribution < 1.29 is 9.59 Å². The Morgan fingerprint density at radius 2 is 1.73 bits per heavy atom. The summed E-state index contributed by atoms with van der Waals surface area (Å²) in [7, 11) is 0. The average molecular weight is 204 g/mol. The van der Waals surface area contributed by atoms with Gasteiger partial charge in [-0.15, -0.1) is 0 Å². The second-order valence-corrected chi connectivity index (χ2v) is 3.70. The van der Waals surface area contributed by atoms with Gasteiger partial charge >= 0.3 is 6.03 Å². The van der Waals surface area contributed by atoms with Gasteiger partial charge in [-0.1, -0.05) is 18.2 Å². The molecule has 2 N–H and O–H groups in total. The van der Waals surface area contributed by atoms with Crippen molar-refractivity contribution in [3.05, 3.63) is 34.9 Å². The van der Waals surface area contributed by atoms with Crippen LogP contribution in [0.25, 0.3) is 0 Å². The molecular formula is C11H12N2O2. The number of nitrogens with one attached hydrogen (secondary N) is 2. The Bertz CT molecular complexity index is 420. The van der Waals surface area contributed by atoms with Crippen LogP contribution < -0.4 is 10.6 Å². The zero-order valence-electron chi connectivity index (χ0n) is 8.63. The van der Waals surface area contributed by atoms with Gasteiger partial charge in [-0.2, -0.15) is 0 Å². The summed E-state index contributed by atoms with van der Waals surface area (Å²) in [6.07, 6.45) is 0. The summed E-state index contributed by atoms with van der Waals surface area (Å²) >= 11 is 0. The maximum absolute atomic E-state index is 11.5. The van der Waals surface area contributed by atoms with Crippen molar-refractivity contribution in [1.29, 1.82) is 0 Å². The van der Waals surface area contributed by atoms with E-state index in [2.05, 4.69) is 10.6 Å². The van der Waals surface area contributed by atoms with Gasteiger partial charge in [-0.3, -0.25) is 10.1 Å². The Kier molecular flexibility index (Phi) is 2.19. The van der Waals surface area contributed by atoms with Crippen molar-refractivity contribution in [2.45, 2.75) is 19.9 Å². The van der Waals surface area contributed by atoms with Gasteiger partial charge in [0.25, 0.3) is 5.91 Å². The molecule has 78 valence electrons. The van der Waals surface area contributed by atoms with Gasteiger partial charge in [0.15, 0.2) is 0 Å². The molecule has 1 fully saturated rings. The molecule has 1 atom stereocenters. The maximum Gasteiger partial charge on any atom is 0.322 e. The fourth-order valence-electron chi connectivity index (χ4n) is 1.90. The summed E-state index contributed by atoms with van der Waals surface area (Å²) in [6, 6.07) is 4.83. The molecule has 0 aliphatic carbocycles. The Labute approximate surface area is 87.7 Å². The van der Waals surface area contributed by atoms with Crippen molar-refractivity contribution in [3.8, 4) is 0 Å². The molecule has 1 aliphatic rings. The van der Waals surface area contributed by atoms with Crippen LogP contribution in [0.1, 0.15) is 22.7 Å². The van der Waals surface area contributed by atoms with Gasteiger partial charge in [0, 0.05) is 0 Å². The first-order valence-corrected chi connectivity index (χ1v) is 4.77. The number of hydrogen-bond donors (Lipinski definition) is 2. The molecule has 0 saturated carbocycles. The van der Waals surface area contributed by atoms with Crippen LogP contribution in [-0.2, 0) is 4.79 Å². The number of carbonyl (C=O) groups is 2. The van der Waals surface area contributed by atoms with Crippen molar-refractivity contribution in [2.24, 2.45) is 0 Å². The molecule has 4 nitrogen and oxygen atoms in total. The normalized spacial score (nSPS) is 20.0. The van der Waals surface area contributed by atoms with Gasteiger partial charge in [-0.05, 0) is 30.5 Å². The highest BCUT2D eigenvalue weighted by Crippen LogP contribution is 2.23. The predicted molar refractivity (Wildman–Crippen MR) is 55.3 cm³/mol. The van der Waals surface area contributed by atoms with Crippen LogP contribution in [-0.4, -0.2) is 11.9 Å². The smallest absolute Gasteiger partial charge is 0.322 e. The van der Waals surface area contributed by atoms with E-state index in [-0.39, 0.29) is 5.91 Å². The Morgan fingerprint density at radius 1 is 1.13 bits per heavy atom. The lowest BCUT2D eigenvalue weighted by Gasteiger charge is -2.13. The van der Waals surface area contributed by atoms with Crippen LogP contribution in [0.4, 0.5) is 4.79 Å². The molecule has 2 rings (SSSR count). The number of aryl methyl sites for hydroxylation is 2. The van der Waals surface area contributed by atoms with E-state index in [0.717, 1.165) is 16.7 Å². The average Bonchev–Trinajstić information content (AvgIpc) is 2.45. The Hall–Kier alpha value is -1.84. The van der Waals surface area contributed by atoms with Crippen molar-refractivity contribution in [3.63, 3.8) is 0 Å². The second kappa shape index (κ2) is 3.38. The zero-order chi connectivity index (χ0) is 11.0. The number of carbonyl (C=O) groups excluding carboxylic acids is 2. The highest BCUT2D eigenvalue weighted by atomic mass is 16.2. The summed E-state index contributed by atoms with van der Waals surface area (Å²) in [5, 5.41) is 4.83. The minimum absolute atomic E-state index is 0.280. The highest BCUT2D eigenvalue weighted by Gasteiger charge is 2.32. The number of amides is 3. The lowest BCUT2D eigenvalue weighted by Crippen LogP contribution is -2.22. The third kappa shape index (κ3) is 1.58. The van der Waals surface area contributed by atoms with Gasteiger partial charge in [0.05, 0.1) is 0 Å². The van der Waals surface area contributed by atoms with Crippen LogP contribution in [0.5, 0.6) is 0 Å². The van der Waals surface area contributed by atoms with E-state index < -0.39 is 12.1 Å². The van der Waals surface area contributed by atoms with E-state index in [1.807, 2.05) is 32.0 Å². The monoisotopic (exact) mass is 204 g/mol. The standard InChI is InChI=1S/C11H12N2O2/c1-6-4-3-5-7(2)8(6)9-10(14)13-11(15)12-9/h3-5,9H,1-2H3,(H2,12,13,14,15)/t9-/m1/s1. The highest BCUT2D eigenvalue weighted by molar-refractivity contribution is 6.04. The predicted octanol–water partition coefficient (Wildman–Crippen LogP) is 1.18. The first-order chi connectivity index (χ1) is 7.09.